The van der Waals surface area contributed by atoms with E-state index in [1.807, 2.05) is 35.2 Å². The zero-order valence-corrected chi connectivity index (χ0v) is 16.1. The Hall–Kier alpha value is -2.49. The second-order valence-corrected chi connectivity index (χ2v) is 7.54. The molecule has 1 saturated carbocycles. The van der Waals surface area contributed by atoms with Crippen LogP contribution in [0.2, 0.25) is 0 Å². The van der Waals surface area contributed by atoms with Crippen LogP contribution in [-0.4, -0.2) is 66.6 Å². The first-order valence-corrected chi connectivity index (χ1v) is 10.1. The number of benzene rings is 1. The summed E-state index contributed by atoms with van der Waals surface area (Å²) in [5, 5.41) is 9.95. The van der Waals surface area contributed by atoms with E-state index >= 15 is 0 Å². The molecular weight excluding hydrogens is 352 g/mol. The number of ether oxygens (including phenoxy) is 1. The highest BCUT2D eigenvalue weighted by Gasteiger charge is 2.28. The van der Waals surface area contributed by atoms with Crippen molar-refractivity contribution in [3.05, 3.63) is 41.6 Å². The Kier molecular flexibility index (Phi) is 5.84. The summed E-state index contributed by atoms with van der Waals surface area (Å²) in [6, 6.07) is 12.0. The minimum Gasteiger partial charge on any atom is -0.379 e. The zero-order valence-electron chi connectivity index (χ0n) is 16.1. The van der Waals surface area contributed by atoms with Gasteiger partial charge in [-0.25, -0.2) is 0 Å². The Morgan fingerprint density at radius 1 is 1.25 bits per heavy atom. The molecule has 2 aromatic rings. The summed E-state index contributed by atoms with van der Waals surface area (Å²) < 4.78 is 5.41. The molecule has 0 atom stereocenters. The predicted octanol–water partition coefficient (Wildman–Crippen LogP) is 2.80. The number of fused-ring (bicyclic) bond motifs is 1. The lowest BCUT2D eigenvalue weighted by Crippen LogP contribution is -2.43. The molecule has 2 fully saturated rings. The first-order valence-electron chi connectivity index (χ1n) is 10.1. The SMILES string of the molecule is N#CCCN(CCN1CCOCC1)C(=O)c1cc(C2CC2)nc2ccccc12. The number of rotatable bonds is 7. The average molecular weight is 378 g/mol. The molecule has 4 rings (SSSR count). The number of carbonyl (C=O) groups excluding carboxylic acids is 1. The molecule has 1 aliphatic carbocycles. The highest BCUT2D eigenvalue weighted by atomic mass is 16.5. The number of hydrogen-bond donors (Lipinski definition) is 0. The molecule has 146 valence electrons. The number of carbonyl (C=O) groups is 1. The second-order valence-electron chi connectivity index (χ2n) is 7.54. The van der Waals surface area contributed by atoms with Gasteiger partial charge < -0.3 is 9.64 Å². The Labute approximate surface area is 165 Å². The first-order chi connectivity index (χ1) is 13.8. The second kappa shape index (κ2) is 8.68. The van der Waals surface area contributed by atoms with E-state index in [1.165, 1.54) is 0 Å². The molecule has 28 heavy (non-hydrogen) atoms. The van der Waals surface area contributed by atoms with Gasteiger partial charge in [-0.05, 0) is 25.0 Å². The van der Waals surface area contributed by atoms with E-state index in [1.54, 1.807) is 0 Å². The van der Waals surface area contributed by atoms with E-state index in [0.29, 0.717) is 31.0 Å². The predicted molar refractivity (Wildman–Crippen MR) is 107 cm³/mol. The number of morpholine rings is 1. The van der Waals surface area contributed by atoms with Gasteiger partial charge in [-0.15, -0.1) is 0 Å². The molecule has 0 bridgehead atoms. The number of hydrogen-bond acceptors (Lipinski definition) is 5. The lowest BCUT2D eigenvalue weighted by molar-refractivity contribution is 0.0326. The summed E-state index contributed by atoms with van der Waals surface area (Å²) in [7, 11) is 0. The molecule has 0 unspecified atom stereocenters. The van der Waals surface area contributed by atoms with Crippen molar-refractivity contribution in [3.63, 3.8) is 0 Å². The third kappa shape index (κ3) is 4.32. The van der Waals surface area contributed by atoms with Crippen molar-refractivity contribution >= 4 is 16.8 Å². The molecule has 6 heteroatoms. The van der Waals surface area contributed by atoms with Crippen molar-refractivity contribution in [2.45, 2.75) is 25.2 Å². The quantitative estimate of drug-likeness (QED) is 0.741. The normalized spacial score (nSPS) is 17.4. The van der Waals surface area contributed by atoms with E-state index in [9.17, 15) is 4.79 Å². The lowest BCUT2D eigenvalue weighted by atomic mass is 10.0. The number of amides is 1. The van der Waals surface area contributed by atoms with Crippen LogP contribution < -0.4 is 0 Å². The summed E-state index contributed by atoms with van der Waals surface area (Å²) in [6.07, 6.45) is 2.63. The van der Waals surface area contributed by atoms with Crippen LogP contribution in [0.4, 0.5) is 0 Å². The minimum absolute atomic E-state index is 0.00371. The molecule has 2 heterocycles. The topological polar surface area (TPSA) is 69.5 Å². The monoisotopic (exact) mass is 378 g/mol. The first kappa shape index (κ1) is 18.9. The fraction of sp³-hybridized carbons (Fsp3) is 0.500. The van der Waals surface area contributed by atoms with Crippen LogP contribution >= 0.6 is 0 Å². The molecule has 1 aromatic heterocycles. The summed E-state index contributed by atoms with van der Waals surface area (Å²) >= 11 is 0. The maximum Gasteiger partial charge on any atom is 0.254 e. The van der Waals surface area contributed by atoms with Gasteiger partial charge in [0.2, 0.25) is 0 Å². The highest BCUT2D eigenvalue weighted by Crippen LogP contribution is 2.40. The third-order valence-electron chi connectivity index (χ3n) is 5.53. The molecule has 2 aliphatic rings. The van der Waals surface area contributed by atoms with Gasteiger partial charge in [-0.2, -0.15) is 5.26 Å². The standard InChI is InChI=1S/C22H26N4O2/c23-8-3-9-26(11-10-25-12-14-28-15-13-25)22(27)19-16-21(17-6-7-17)24-20-5-2-1-4-18(19)20/h1-2,4-5,16-17H,3,6-7,9-15H2. The van der Waals surface area contributed by atoms with Crippen LogP contribution in [0.25, 0.3) is 10.9 Å². The molecular formula is C22H26N4O2. The number of para-hydroxylation sites is 1. The van der Waals surface area contributed by atoms with Gasteiger partial charge in [-0.3, -0.25) is 14.7 Å². The molecule has 1 aliphatic heterocycles. The van der Waals surface area contributed by atoms with Gasteiger partial charge in [0.05, 0.1) is 36.8 Å². The molecule has 0 spiro atoms. The molecule has 0 radical (unpaired) electrons. The summed E-state index contributed by atoms with van der Waals surface area (Å²) in [5.41, 5.74) is 2.62. The van der Waals surface area contributed by atoms with Gasteiger partial charge >= 0.3 is 0 Å². The van der Waals surface area contributed by atoms with E-state index in [4.69, 9.17) is 15.0 Å². The van der Waals surface area contributed by atoms with Crippen LogP contribution in [0.3, 0.4) is 0 Å². The molecule has 1 aromatic carbocycles. The van der Waals surface area contributed by atoms with Crippen LogP contribution in [0.1, 0.15) is 41.2 Å². The van der Waals surface area contributed by atoms with Crippen LogP contribution in [0.15, 0.2) is 30.3 Å². The van der Waals surface area contributed by atoms with Crippen molar-refractivity contribution in [2.75, 3.05) is 45.9 Å². The maximum absolute atomic E-state index is 13.5. The van der Waals surface area contributed by atoms with Crippen LogP contribution in [-0.2, 0) is 4.74 Å². The van der Waals surface area contributed by atoms with Crippen molar-refractivity contribution in [2.24, 2.45) is 0 Å². The van der Waals surface area contributed by atoms with Crippen molar-refractivity contribution in [1.29, 1.82) is 5.26 Å². The zero-order chi connectivity index (χ0) is 19.3. The maximum atomic E-state index is 13.5. The number of pyridine rings is 1. The van der Waals surface area contributed by atoms with Crippen molar-refractivity contribution < 1.29 is 9.53 Å². The molecule has 1 amide bonds. The minimum atomic E-state index is 0.00371. The number of aromatic nitrogens is 1. The molecule has 0 N–H and O–H groups in total. The van der Waals surface area contributed by atoms with Gasteiger partial charge in [0.1, 0.15) is 0 Å². The molecule has 1 saturated heterocycles. The van der Waals surface area contributed by atoms with Crippen molar-refractivity contribution in [3.8, 4) is 6.07 Å². The number of nitriles is 1. The van der Waals surface area contributed by atoms with Gasteiger partial charge in [-0.1, -0.05) is 18.2 Å². The summed E-state index contributed by atoms with van der Waals surface area (Å²) in [5.74, 6) is 0.487. The lowest BCUT2D eigenvalue weighted by Gasteiger charge is -2.30. The fourth-order valence-corrected chi connectivity index (χ4v) is 3.72. The smallest absolute Gasteiger partial charge is 0.254 e. The van der Waals surface area contributed by atoms with Crippen LogP contribution in [0, 0.1) is 11.3 Å². The summed E-state index contributed by atoms with van der Waals surface area (Å²) in [4.78, 5) is 22.4. The van der Waals surface area contributed by atoms with Gasteiger partial charge in [0, 0.05) is 49.7 Å². The Morgan fingerprint density at radius 3 is 2.79 bits per heavy atom. The van der Waals surface area contributed by atoms with Gasteiger partial charge in [0.25, 0.3) is 5.91 Å². The van der Waals surface area contributed by atoms with E-state index in [2.05, 4.69) is 11.0 Å². The fourth-order valence-electron chi connectivity index (χ4n) is 3.72. The van der Waals surface area contributed by atoms with E-state index < -0.39 is 0 Å². The highest BCUT2D eigenvalue weighted by molar-refractivity contribution is 6.06. The largest absolute Gasteiger partial charge is 0.379 e. The van der Waals surface area contributed by atoms with Gasteiger partial charge in [0.15, 0.2) is 0 Å². The van der Waals surface area contributed by atoms with Crippen LogP contribution in [0.5, 0.6) is 0 Å². The van der Waals surface area contributed by atoms with E-state index in [0.717, 1.165) is 62.3 Å². The third-order valence-corrected chi connectivity index (χ3v) is 5.53. The van der Waals surface area contributed by atoms with E-state index in [-0.39, 0.29) is 5.91 Å². The molecule has 6 nitrogen and oxygen atoms in total. The average Bonchev–Trinajstić information content (AvgIpc) is 3.59. The Bertz CT molecular complexity index is 882. The summed E-state index contributed by atoms with van der Waals surface area (Å²) in [6.45, 7) is 5.15. The van der Waals surface area contributed by atoms with Crippen molar-refractivity contribution in [1.82, 2.24) is 14.8 Å². The number of nitrogens with zero attached hydrogens (tertiary/aromatic N) is 4. The Morgan fingerprint density at radius 2 is 2.04 bits per heavy atom. The Balaban J connectivity index is 1.59.